The second-order valence-corrected chi connectivity index (χ2v) is 2.91. The fourth-order valence-corrected chi connectivity index (χ4v) is 1.17. The third-order valence-electron chi connectivity index (χ3n) is 1.89. The Bertz CT molecular complexity index is 365. The normalized spacial score (nSPS) is 9.69. The number of hydrogen-bond donors (Lipinski definition) is 1. The molecule has 0 heterocycles. The quantitative estimate of drug-likeness (QED) is 0.822. The van der Waals surface area contributed by atoms with Gasteiger partial charge in [0.25, 0.3) is 5.91 Å². The van der Waals surface area contributed by atoms with Crippen LogP contribution in [0.5, 0.6) is 11.5 Å². The molecular weight excluding hydrogens is 210 g/mol. The van der Waals surface area contributed by atoms with Crippen LogP contribution in [0.3, 0.4) is 0 Å². The highest BCUT2D eigenvalue weighted by Crippen LogP contribution is 2.28. The van der Waals surface area contributed by atoms with Gasteiger partial charge in [-0.2, -0.15) is 0 Å². The molecule has 1 rings (SSSR count). The number of amides is 1. The minimum absolute atomic E-state index is 0.356. The van der Waals surface area contributed by atoms with Gasteiger partial charge in [0.1, 0.15) is 11.5 Å². The highest BCUT2D eigenvalue weighted by atomic mass is 16.5. The minimum atomic E-state index is -0.356. The van der Waals surface area contributed by atoms with E-state index in [4.69, 9.17) is 9.47 Å². The van der Waals surface area contributed by atoms with E-state index in [1.54, 1.807) is 25.3 Å². The van der Waals surface area contributed by atoms with Crippen LogP contribution < -0.4 is 14.8 Å². The van der Waals surface area contributed by atoms with Crippen molar-refractivity contribution in [2.24, 2.45) is 0 Å². The van der Waals surface area contributed by atoms with Crippen LogP contribution in [0.15, 0.2) is 18.2 Å². The summed E-state index contributed by atoms with van der Waals surface area (Å²) < 4.78 is 14.7. The molecular formula is C11H14NO4. The van der Waals surface area contributed by atoms with Crippen LogP contribution in [0.2, 0.25) is 0 Å². The molecule has 1 radical (unpaired) electrons. The number of nitrogens with one attached hydrogen (secondary N) is 1. The van der Waals surface area contributed by atoms with Gasteiger partial charge in [-0.1, -0.05) is 0 Å². The van der Waals surface area contributed by atoms with Crippen molar-refractivity contribution in [3.63, 3.8) is 0 Å². The summed E-state index contributed by atoms with van der Waals surface area (Å²) in [5.74, 6) is 0.828. The van der Waals surface area contributed by atoms with E-state index in [-0.39, 0.29) is 5.91 Å². The zero-order valence-corrected chi connectivity index (χ0v) is 9.44. The average Bonchev–Trinajstić information content (AvgIpc) is 2.30. The smallest absolute Gasteiger partial charge is 0.256 e. The lowest BCUT2D eigenvalue weighted by Gasteiger charge is -2.10. The number of ether oxygens (including phenoxy) is 3. The number of rotatable bonds is 5. The zero-order valence-electron chi connectivity index (χ0n) is 9.44. The largest absolute Gasteiger partial charge is 0.497 e. The Kier molecular flexibility index (Phi) is 4.60. The van der Waals surface area contributed by atoms with Gasteiger partial charge in [0.15, 0.2) is 6.61 Å². The molecule has 1 aromatic rings. The predicted molar refractivity (Wildman–Crippen MR) is 59.5 cm³/mol. The van der Waals surface area contributed by atoms with E-state index < -0.39 is 0 Å². The summed E-state index contributed by atoms with van der Waals surface area (Å²) >= 11 is 0. The van der Waals surface area contributed by atoms with E-state index >= 15 is 0 Å². The maximum Gasteiger partial charge on any atom is 0.256 e. The van der Waals surface area contributed by atoms with Crippen molar-refractivity contribution in [2.75, 3.05) is 26.6 Å². The van der Waals surface area contributed by atoms with Gasteiger partial charge >= 0.3 is 0 Å². The molecule has 5 heteroatoms. The molecule has 0 aromatic heterocycles. The first-order chi connectivity index (χ1) is 7.71. The number of benzene rings is 1. The Hall–Kier alpha value is -1.75. The van der Waals surface area contributed by atoms with Crippen LogP contribution >= 0.6 is 0 Å². The molecule has 1 N–H and O–H groups in total. The maximum atomic E-state index is 11.3. The summed E-state index contributed by atoms with van der Waals surface area (Å²) in [7, 11) is 4.49. The topological polar surface area (TPSA) is 56.8 Å². The average molecular weight is 224 g/mol. The Labute approximate surface area is 94.3 Å². The molecule has 0 bridgehead atoms. The van der Waals surface area contributed by atoms with Gasteiger partial charge < -0.3 is 19.5 Å². The molecule has 0 saturated carbocycles. The highest BCUT2D eigenvalue weighted by molar-refractivity contribution is 5.97. The first kappa shape index (κ1) is 12.3. The van der Waals surface area contributed by atoms with Gasteiger partial charge in [-0.25, -0.2) is 0 Å². The Morgan fingerprint density at radius 3 is 2.56 bits per heavy atom. The molecule has 0 saturated heterocycles. The molecule has 1 amide bonds. The fourth-order valence-electron chi connectivity index (χ4n) is 1.17. The van der Waals surface area contributed by atoms with E-state index in [2.05, 4.69) is 10.1 Å². The Balaban J connectivity index is 2.83. The van der Waals surface area contributed by atoms with Gasteiger partial charge in [0, 0.05) is 13.2 Å². The summed E-state index contributed by atoms with van der Waals surface area (Å²) in [5.41, 5.74) is 0.557. The minimum Gasteiger partial charge on any atom is -0.497 e. The molecule has 0 atom stereocenters. The molecule has 16 heavy (non-hydrogen) atoms. The van der Waals surface area contributed by atoms with Crippen molar-refractivity contribution in [1.29, 1.82) is 0 Å². The van der Waals surface area contributed by atoms with Crippen molar-refractivity contribution in [2.45, 2.75) is 0 Å². The van der Waals surface area contributed by atoms with Crippen LogP contribution in [0.1, 0.15) is 0 Å². The van der Waals surface area contributed by atoms with Gasteiger partial charge in [-0.15, -0.1) is 0 Å². The monoisotopic (exact) mass is 224 g/mol. The predicted octanol–water partition coefficient (Wildman–Crippen LogP) is 1.45. The number of carbonyl (C=O) groups excluding carboxylic acids is 1. The number of anilines is 1. The van der Waals surface area contributed by atoms with Gasteiger partial charge in [-0.3, -0.25) is 4.79 Å². The van der Waals surface area contributed by atoms with E-state index in [1.165, 1.54) is 14.2 Å². The second-order valence-electron chi connectivity index (χ2n) is 2.91. The van der Waals surface area contributed by atoms with Crippen molar-refractivity contribution in [3.05, 3.63) is 24.8 Å². The molecule has 1 aromatic carbocycles. The number of methoxy groups -OCH3 is 3. The summed E-state index contributed by atoms with van der Waals surface area (Å²) in [6, 6.07) is 5.10. The van der Waals surface area contributed by atoms with Crippen molar-refractivity contribution >= 4 is 11.6 Å². The van der Waals surface area contributed by atoms with Crippen LogP contribution in [0, 0.1) is 6.61 Å². The van der Waals surface area contributed by atoms with Gasteiger partial charge in [0.2, 0.25) is 0 Å². The van der Waals surface area contributed by atoms with Gasteiger partial charge in [0.05, 0.1) is 19.9 Å². The molecule has 0 fully saturated rings. The van der Waals surface area contributed by atoms with Crippen LogP contribution in [0.25, 0.3) is 0 Å². The van der Waals surface area contributed by atoms with Crippen LogP contribution in [-0.2, 0) is 9.53 Å². The zero-order chi connectivity index (χ0) is 12.0. The summed E-state index contributed by atoms with van der Waals surface area (Å²) in [4.78, 5) is 11.3. The highest BCUT2D eigenvalue weighted by Gasteiger charge is 2.08. The molecule has 5 nitrogen and oxygen atoms in total. The SMILES string of the molecule is CO[CH]C(=O)Nc1ccc(OC)cc1OC. The molecule has 0 aliphatic rings. The Morgan fingerprint density at radius 2 is 2.00 bits per heavy atom. The van der Waals surface area contributed by atoms with Gasteiger partial charge in [-0.05, 0) is 12.1 Å². The summed E-state index contributed by atoms with van der Waals surface area (Å²) in [6.45, 7) is 1.07. The number of carbonyl (C=O) groups is 1. The molecule has 87 valence electrons. The third-order valence-corrected chi connectivity index (χ3v) is 1.89. The van der Waals surface area contributed by atoms with E-state index in [0.717, 1.165) is 6.61 Å². The van der Waals surface area contributed by atoms with Crippen molar-refractivity contribution < 1.29 is 19.0 Å². The van der Waals surface area contributed by atoms with E-state index in [0.29, 0.717) is 17.2 Å². The van der Waals surface area contributed by atoms with Crippen LogP contribution in [-0.4, -0.2) is 27.2 Å². The van der Waals surface area contributed by atoms with Crippen molar-refractivity contribution in [3.8, 4) is 11.5 Å². The molecule has 0 aliphatic heterocycles. The molecule has 0 unspecified atom stereocenters. The lowest BCUT2D eigenvalue weighted by atomic mass is 10.2. The van der Waals surface area contributed by atoms with Crippen LogP contribution in [0.4, 0.5) is 5.69 Å². The van der Waals surface area contributed by atoms with Crippen molar-refractivity contribution in [1.82, 2.24) is 0 Å². The Morgan fingerprint density at radius 1 is 1.25 bits per heavy atom. The molecule has 0 aliphatic carbocycles. The van der Waals surface area contributed by atoms with E-state index in [9.17, 15) is 4.79 Å². The first-order valence-corrected chi connectivity index (χ1v) is 4.60. The summed E-state index contributed by atoms with van der Waals surface area (Å²) in [6.07, 6.45) is 0. The summed E-state index contributed by atoms with van der Waals surface area (Å²) in [5, 5.41) is 2.61. The molecule has 0 spiro atoms. The first-order valence-electron chi connectivity index (χ1n) is 4.60. The lowest BCUT2D eigenvalue weighted by Crippen LogP contribution is -2.13. The number of hydrogen-bond acceptors (Lipinski definition) is 4. The third kappa shape index (κ3) is 3.13. The lowest BCUT2D eigenvalue weighted by molar-refractivity contribution is -0.116. The second kappa shape index (κ2) is 5.97. The fraction of sp³-hybridized carbons (Fsp3) is 0.273. The van der Waals surface area contributed by atoms with E-state index in [1.807, 2.05) is 0 Å². The standard InChI is InChI=1S/C11H14NO4/c1-14-7-11(13)12-9-5-4-8(15-2)6-10(9)16-3/h4-7H,1-3H3,(H,12,13). The maximum absolute atomic E-state index is 11.3.